The number of nitrogens with zero attached hydrogens (tertiary/aromatic N) is 2. The Morgan fingerprint density at radius 3 is 1.54 bits per heavy atom. The second-order valence-electron chi connectivity index (χ2n) is 5.51. The van der Waals surface area contributed by atoms with Crippen LogP contribution in [0.3, 0.4) is 0 Å². The van der Waals surface area contributed by atoms with Crippen molar-refractivity contribution in [2.45, 2.75) is 25.7 Å². The summed E-state index contributed by atoms with van der Waals surface area (Å²) < 4.78 is 0. The Labute approximate surface area is 142 Å². The number of hydrazone groups is 2. The van der Waals surface area contributed by atoms with Crippen molar-refractivity contribution >= 4 is 18.5 Å². The van der Waals surface area contributed by atoms with E-state index in [4.69, 9.17) is 0 Å². The first-order valence-corrected chi connectivity index (χ1v) is 7.89. The molecule has 0 heterocycles. The smallest absolute Gasteiger partial charge is 0.245 e. The summed E-state index contributed by atoms with van der Waals surface area (Å²) in [6.45, 7) is 4.02. The lowest BCUT2D eigenvalue weighted by atomic mass is 10.0. The van der Waals surface area contributed by atoms with Crippen LogP contribution in [-0.4, -0.2) is 18.5 Å². The van der Waals surface area contributed by atoms with Crippen LogP contribution in [0.15, 0.2) is 70.9 Å². The first kappa shape index (κ1) is 17.4. The number of carbonyl (C=O) groups is 1. The molecule has 0 bridgehead atoms. The summed E-state index contributed by atoms with van der Waals surface area (Å²) in [6, 6.07) is 19.4. The van der Waals surface area contributed by atoms with Crippen molar-refractivity contribution in [1.82, 2.24) is 10.9 Å². The Morgan fingerprint density at radius 2 is 1.17 bits per heavy atom. The molecular formula is C19H22N4O. The van der Waals surface area contributed by atoms with Crippen molar-refractivity contribution in [3.8, 4) is 0 Å². The molecule has 2 N–H and O–H groups in total. The van der Waals surface area contributed by atoms with Gasteiger partial charge < -0.3 is 0 Å². The maximum absolute atomic E-state index is 11.6. The fourth-order valence-electron chi connectivity index (χ4n) is 2.13. The van der Waals surface area contributed by atoms with Crippen molar-refractivity contribution in [1.29, 1.82) is 0 Å². The quantitative estimate of drug-likeness (QED) is 0.615. The number of carbonyl (C=O) groups excluding carboxylic acids is 1. The van der Waals surface area contributed by atoms with Gasteiger partial charge in [0.25, 0.3) is 0 Å². The van der Waals surface area contributed by atoms with Crippen LogP contribution in [-0.2, 0) is 0 Å². The molecule has 2 amide bonds. The van der Waals surface area contributed by atoms with Gasteiger partial charge in [0.05, 0.1) is 0 Å². The van der Waals surface area contributed by atoms with Gasteiger partial charge in [0.1, 0.15) is 0 Å². The summed E-state index contributed by atoms with van der Waals surface area (Å²) in [5.74, 6) is 0.237. The van der Waals surface area contributed by atoms with Crippen molar-refractivity contribution in [3.63, 3.8) is 0 Å². The van der Waals surface area contributed by atoms with E-state index in [-0.39, 0.29) is 11.8 Å². The lowest BCUT2D eigenvalue weighted by Crippen LogP contribution is -2.28. The van der Waals surface area contributed by atoms with Gasteiger partial charge in [-0.05, 0) is 11.1 Å². The molecule has 2 atom stereocenters. The Balaban J connectivity index is 1.75. The zero-order chi connectivity index (χ0) is 17.2. The number of nitrogens with one attached hydrogen (secondary N) is 2. The van der Waals surface area contributed by atoms with Gasteiger partial charge in [0, 0.05) is 24.3 Å². The molecule has 0 aliphatic heterocycles. The Bertz CT molecular complexity index is 624. The number of urea groups is 1. The zero-order valence-electron chi connectivity index (χ0n) is 13.9. The minimum absolute atomic E-state index is 0.119. The molecule has 5 heteroatoms. The third kappa shape index (κ3) is 5.68. The third-order valence-electron chi connectivity index (χ3n) is 3.58. The number of hydrogen-bond acceptors (Lipinski definition) is 3. The largest absolute Gasteiger partial charge is 0.355 e. The van der Waals surface area contributed by atoms with Gasteiger partial charge in [0.2, 0.25) is 0 Å². The van der Waals surface area contributed by atoms with Crippen LogP contribution in [0.2, 0.25) is 0 Å². The van der Waals surface area contributed by atoms with Crippen molar-refractivity contribution in [2.24, 2.45) is 10.2 Å². The molecule has 5 nitrogen and oxygen atoms in total. The van der Waals surface area contributed by atoms with Gasteiger partial charge in [-0.1, -0.05) is 74.5 Å². The second-order valence-corrected chi connectivity index (χ2v) is 5.51. The van der Waals surface area contributed by atoms with Gasteiger partial charge in [-0.25, -0.2) is 15.6 Å². The van der Waals surface area contributed by atoms with E-state index in [1.165, 1.54) is 0 Å². The first-order chi connectivity index (χ1) is 11.7. The molecule has 0 aliphatic carbocycles. The predicted octanol–water partition coefficient (Wildman–Crippen LogP) is 3.86. The fourth-order valence-corrected chi connectivity index (χ4v) is 2.13. The standard InChI is InChI=1S/C19H22N4O/c1-15(17-9-5-3-6-10-17)13-20-22-19(24)23-21-14-16(2)18-11-7-4-8-12-18/h3-16H,1-2H3,(H2,22,23,24)/b20-13-,21-14+/t15-,16+/m0/s1. The van der Waals surface area contributed by atoms with E-state index in [1.807, 2.05) is 74.5 Å². The molecule has 0 aromatic heterocycles. The predicted molar refractivity (Wildman–Crippen MR) is 98.4 cm³/mol. The highest BCUT2D eigenvalue weighted by Crippen LogP contribution is 2.12. The van der Waals surface area contributed by atoms with Crippen LogP contribution in [0.5, 0.6) is 0 Å². The molecule has 0 aliphatic rings. The molecule has 2 aromatic carbocycles. The second kappa shape index (κ2) is 9.25. The third-order valence-corrected chi connectivity index (χ3v) is 3.58. The highest BCUT2D eigenvalue weighted by atomic mass is 16.2. The molecule has 0 saturated carbocycles. The van der Waals surface area contributed by atoms with Gasteiger partial charge >= 0.3 is 6.03 Å². The summed E-state index contributed by atoms with van der Waals surface area (Å²) >= 11 is 0. The highest BCUT2D eigenvalue weighted by Gasteiger charge is 2.02. The molecule has 24 heavy (non-hydrogen) atoms. The fraction of sp³-hybridized carbons (Fsp3) is 0.211. The van der Waals surface area contributed by atoms with E-state index in [9.17, 15) is 4.79 Å². The van der Waals surface area contributed by atoms with Crippen LogP contribution in [0.25, 0.3) is 0 Å². The minimum Gasteiger partial charge on any atom is -0.245 e. The van der Waals surface area contributed by atoms with E-state index in [2.05, 4.69) is 21.1 Å². The van der Waals surface area contributed by atoms with Crippen LogP contribution in [0.1, 0.15) is 36.8 Å². The number of rotatable bonds is 6. The molecule has 0 unspecified atom stereocenters. The van der Waals surface area contributed by atoms with Crippen molar-refractivity contribution in [2.75, 3.05) is 0 Å². The Morgan fingerprint density at radius 1 is 0.792 bits per heavy atom. The zero-order valence-corrected chi connectivity index (χ0v) is 13.9. The van der Waals surface area contributed by atoms with Gasteiger partial charge in [-0.3, -0.25) is 0 Å². The summed E-state index contributed by atoms with van der Waals surface area (Å²) in [7, 11) is 0. The van der Waals surface area contributed by atoms with E-state index >= 15 is 0 Å². The first-order valence-electron chi connectivity index (χ1n) is 7.89. The summed E-state index contributed by atoms with van der Waals surface area (Å²) in [6.07, 6.45) is 3.37. The molecule has 0 fully saturated rings. The molecule has 0 radical (unpaired) electrons. The molecule has 0 saturated heterocycles. The molecule has 2 aromatic rings. The Kier molecular flexibility index (Phi) is 6.71. The number of amides is 2. The topological polar surface area (TPSA) is 65.8 Å². The monoisotopic (exact) mass is 322 g/mol. The summed E-state index contributed by atoms with van der Waals surface area (Å²) in [5, 5.41) is 7.89. The normalized spacial score (nSPS) is 13.8. The van der Waals surface area contributed by atoms with E-state index in [0.717, 1.165) is 11.1 Å². The van der Waals surface area contributed by atoms with Crippen LogP contribution < -0.4 is 10.9 Å². The average Bonchev–Trinajstić information content (AvgIpc) is 2.63. The molecule has 2 rings (SSSR count). The van der Waals surface area contributed by atoms with Crippen LogP contribution in [0, 0.1) is 0 Å². The average molecular weight is 322 g/mol. The summed E-state index contributed by atoms with van der Waals surface area (Å²) in [4.78, 5) is 11.6. The van der Waals surface area contributed by atoms with Crippen molar-refractivity contribution < 1.29 is 4.79 Å². The van der Waals surface area contributed by atoms with Gasteiger partial charge in [0.15, 0.2) is 0 Å². The van der Waals surface area contributed by atoms with Crippen LogP contribution >= 0.6 is 0 Å². The SMILES string of the molecule is C[C@H](/C=N/NC(=O)N/N=C\[C@H](C)c1ccccc1)c1ccccc1. The molecule has 0 spiro atoms. The number of hydrogen-bond donors (Lipinski definition) is 2. The van der Waals surface area contributed by atoms with Crippen molar-refractivity contribution in [3.05, 3.63) is 71.8 Å². The lowest BCUT2D eigenvalue weighted by Gasteiger charge is -2.06. The maximum atomic E-state index is 11.6. The van der Waals surface area contributed by atoms with Gasteiger partial charge in [-0.15, -0.1) is 0 Å². The molecule has 124 valence electrons. The lowest BCUT2D eigenvalue weighted by molar-refractivity contribution is 0.242. The van der Waals surface area contributed by atoms with E-state index in [0.29, 0.717) is 0 Å². The minimum atomic E-state index is -0.469. The van der Waals surface area contributed by atoms with E-state index < -0.39 is 6.03 Å². The number of benzene rings is 2. The van der Waals surface area contributed by atoms with Gasteiger partial charge in [-0.2, -0.15) is 10.2 Å². The highest BCUT2D eigenvalue weighted by molar-refractivity contribution is 5.77. The summed E-state index contributed by atoms with van der Waals surface area (Å²) in [5.41, 5.74) is 7.08. The molecular weight excluding hydrogens is 300 g/mol. The Hall–Kier alpha value is -2.95. The maximum Gasteiger partial charge on any atom is 0.355 e. The van der Waals surface area contributed by atoms with Crippen LogP contribution in [0.4, 0.5) is 4.79 Å². The van der Waals surface area contributed by atoms with E-state index in [1.54, 1.807) is 12.4 Å².